The van der Waals surface area contributed by atoms with Crippen molar-refractivity contribution < 1.29 is 9.53 Å². The Bertz CT molecular complexity index is 633. The van der Waals surface area contributed by atoms with Crippen LogP contribution in [0.15, 0.2) is 48.8 Å². The summed E-state index contributed by atoms with van der Waals surface area (Å²) in [5, 5.41) is 11.9. The number of pyridine rings is 1. The Morgan fingerprint density at radius 3 is 2.71 bits per heavy atom. The fraction of sp³-hybridized carbons (Fsp3) is 0.188. The predicted octanol–water partition coefficient (Wildman–Crippen LogP) is 2.41. The third kappa shape index (κ3) is 4.05. The fourth-order valence-corrected chi connectivity index (χ4v) is 1.86. The Morgan fingerprint density at radius 1 is 1.38 bits per heavy atom. The Morgan fingerprint density at radius 2 is 2.14 bits per heavy atom. The maximum absolute atomic E-state index is 12.1. The summed E-state index contributed by atoms with van der Waals surface area (Å²) in [5.41, 5.74) is 1.49. The van der Waals surface area contributed by atoms with E-state index in [-0.39, 0.29) is 5.91 Å². The molecule has 5 nitrogen and oxygen atoms in total. The van der Waals surface area contributed by atoms with Gasteiger partial charge in [0.05, 0.1) is 13.2 Å². The van der Waals surface area contributed by atoms with E-state index < -0.39 is 5.92 Å². The van der Waals surface area contributed by atoms with Crippen LogP contribution in [0.25, 0.3) is 0 Å². The molecule has 1 aromatic carbocycles. The van der Waals surface area contributed by atoms with Crippen molar-refractivity contribution in [3.8, 4) is 11.8 Å². The van der Waals surface area contributed by atoms with Gasteiger partial charge in [-0.05, 0) is 42.3 Å². The lowest BCUT2D eigenvalue weighted by Crippen LogP contribution is -2.23. The zero-order valence-corrected chi connectivity index (χ0v) is 11.6. The molecule has 21 heavy (non-hydrogen) atoms. The summed E-state index contributed by atoms with van der Waals surface area (Å²) in [6.07, 6.45) is 3.65. The topological polar surface area (TPSA) is 75.0 Å². The second-order valence-electron chi connectivity index (χ2n) is 4.46. The van der Waals surface area contributed by atoms with Crippen LogP contribution in [0.4, 0.5) is 5.69 Å². The maximum atomic E-state index is 12.1. The van der Waals surface area contributed by atoms with Crippen molar-refractivity contribution in [1.82, 2.24) is 4.98 Å². The van der Waals surface area contributed by atoms with Gasteiger partial charge in [0.2, 0.25) is 5.91 Å². The van der Waals surface area contributed by atoms with Crippen molar-refractivity contribution in [2.45, 2.75) is 6.42 Å². The molecule has 0 fully saturated rings. The minimum atomic E-state index is -0.753. The van der Waals surface area contributed by atoms with Gasteiger partial charge in [-0.25, -0.2) is 0 Å². The number of benzene rings is 1. The Labute approximate surface area is 123 Å². The number of methoxy groups -OCH3 is 1. The Kier molecular flexibility index (Phi) is 4.89. The molecule has 0 saturated heterocycles. The molecule has 1 atom stereocenters. The zero-order chi connectivity index (χ0) is 15.1. The van der Waals surface area contributed by atoms with Gasteiger partial charge in [-0.3, -0.25) is 9.78 Å². The average molecular weight is 281 g/mol. The van der Waals surface area contributed by atoms with E-state index in [2.05, 4.69) is 10.3 Å². The number of hydrogen-bond donors (Lipinski definition) is 1. The number of nitrogens with zero attached hydrogens (tertiary/aromatic N) is 2. The molecular formula is C16H15N3O2. The van der Waals surface area contributed by atoms with Crippen LogP contribution in [0.1, 0.15) is 5.56 Å². The first kappa shape index (κ1) is 14.5. The monoisotopic (exact) mass is 281 g/mol. The van der Waals surface area contributed by atoms with Crippen molar-refractivity contribution in [2.24, 2.45) is 5.92 Å². The molecule has 0 aliphatic carbocycles. The molecule has 1 heterocycles. The van der Waals surface area contributed by atoms with E-state index in [9.17, 15) is 4.79 Å². The largest absolute Gasteiger partial charge is 0.497 e. The highest BCUT2D eigenvalue weighted by Crippen LogP contribution is 2.16. The molecule has 0 bridgehead atoms. The lowest BCUT2D eigenvalue weighted by molar-refractivity contribution is -0.118. The molecule has 0 aliphatic heterocycles. The van der Waals surface area contributed by atoms with Gasteiger partial charge in [-0.1, -0.05) is 6.07 Å². The van der Waals surface area contributed by atoms with Gasteiger partial charge in [-0.15, -0.1) is 0 Å². The quantitative estimate of drug-likeness (QED) is 0.913. The van der Waals surface area contributed by atoms with Crippen LogP contribution in [0, 0.1) is 17.2 Å². The number of hydrogen-bond acceptors (Lipinski definition) is 4. The number of amides is 1. The fourth-order valence-electron chi connectivity index (χ4n) is 1.86. The van der Waals surface area contributed by atoms with Crippen LogP contribution in [0.3, 0.4) is 0 Å². The summed E-state index contributed by atoms with van der Waals surface area (Å²) in [7, 11) is 1.58. The van der Waals surface area contributed by atoms with Gasteiger partial charge in [0.1, 0.15) is 11.7 Å². The predicted molar refractivity (Wildman–Crippen MR) is 78.7 cm³/mol. The average Bonchev–Trinajstić information content (AvgIpc) is 2.54. The molecule has 0 saturated carbocycles. The molecule has 2 aromatic rings. The Hall–Kier alpha value is -2.87. The first-order valence-corrected chi connectivity index (χ1v) is 6.46. The Balaban J connectivity index is 2.01. The summed E-state index contributed by atoms with van der Waals surface area (Å²) >= 11 is 0. The maximum Gasteiger partial charge on any atom is 0.242 e. The number of nitriles is 1. The van der Waals surface area contributed by atoms with E-state index in [1.165, 1.54) is 0 Å². The number of ether oxygens (including phenoxy) is 1. The molecule has 1 unspecified atom stereocenters. The molecule has 0 aliphatic rings. The minimum absolute atomic E-state index is 0.327. The van der Waals surface area contributed by atoms with E-state index >= 15 is 0 Å². The van der Waals surface area contributed by atoms with Gasteiger partial charge < -0.3 is 10.1 Å². The molecule has 2 rings (SSSR count). The highest BCUT2D eigenvalue weighted by Gasteiger charge is 2.18. The van der Waals surface area contributed by atoms with Gasteiger partial charge in [0.15, 0.2) is 0 Å². The van der Waals surface area contributed by atoms with E-state index in [4.69, 9.17) is 10.00 Å². The number of nitrogens with one attached hydrogen (secondary N) is 1. The number of rotatable bonds is 5. The van der Waals surface area contributed by atoms with Crippen molar-refractivity contribution in [2.75, 3.05) is 12.4 Å². The third-order valence-electron chi connectivity index (χ3n) is 2.99. The number of anilines is 1. The normalized spacial score (nSPS) is 11.2. The highest BCUT2D eigenvalue weighted by molar-refractivity contribution is 5.94. The summed E-state index contributed by atoms with van der Waals surface area (Å²) in [6.45, 7) is 0. The van der Waals surface area contributed by atoms with Gasteiger partial charge in [0, 0.05) is 18.1 Å². The van der Waals surface area contributed by atoms with Crippen LogP contribution in [-0.2, 0) is 11.2 Å². The minimum Gasteiger partial charge on any atom is -0.497 e. The molecule has 1 N–H and O–H groups in total. The van der Waals surface area contributed by atoms with E-state index in [0.717, 1.165) is 5.56 Å². The van der Waals surface area contributed by atoms with Crippen molar-refractivity contribution in [1.29, 1.82) is 5.26 Å². The van der Waals surface area contributed by atoms with E-state index in [1.54, 1.807) is 49.8 Å². The lowest BCUT2D eigenvalue weighted by atomic mass is 10.0. The van der Waals surface area contributed by atoms with Crippen molar-refractivity contribution in [3.63, 3.8) is 0 Å². The first-order chi connectivity index (χ1) is 10.2. The first-order valence-electron chi connectivity index (χ1n) is 6.46. The summed E-state index contributed by atoms with van der Waals surface area (Å²) in [4.78, 5) is 16.1. The van der Waals surface area contributed by atoms with E-state index in [1.807, 2.05) is 12.1 Å². The second kappa shape index (κ2) is 7.06. The van der Waals surface area contributed by atoms with Crippen molar-refractivity contribution in [3.05, 3.63) is 54.4 Å². The van der Waals surface area contributed by atoms with Gasteiger partial charge in [0.25, 0.3) is 0 Å². The van der Waals surface area contributed by atoms with Gasteiger partial charge >= 0.3 is 0 Å². The standard InChI is InChI=1S/C16H15N3O2/c1-21-15-6-4-14(5-7-15)19-16(20)13(10-17)9-12-3-2-8-18-11-12/h2-8,11,13H,9H2,1H3,(H,19,20). The SMILES string of the molecule is COc1ccc(NC(=O)C(C#N)Cc2cccnc2)cc1. The summed E-state index contributed by atoms with van der Waals surface area (Å²) < 4.78 is 5.05. The van der Waals surface area contributed by atoms with Crippen LogP contribution in [0.5, 0.6) is 5.75 Å². The van der Waals surface area contributed by atoms with E-state index in [0.29, 0.717) is 17.9 Å². The third-order valence-corrected chi connectivity index (χ3v) is 2.99. The zero-order valence-electron chi connectivity index (χ0n) is 11.6. The van der Waals surface area contributed by atoms with Crippen LogP contribution >= 0.6 is 0 Å². The van der Waals surface area contributed by atoms with Crippen LogP contribution in [0.2, 0.25) is 0 Å². The molecule has 5 heteroatoms. The number of aromatic nitrogens is 1. The smallest absolute Gasteiger partial charge is 0.242 e. The summed E-state index contributed by atoms with van der Waals surface area (Å²) in [5.74, 6) is -0.372. The molecule has 1 aromatic heterocycles. The van der Waals surface area contributed by atoms with Crippen LogP contribution < -0.4 is 10.1 Å². The van der Waals surface area contributed by atoms with Crippen molar-refractivity contribution >= 4 is 11.6 Å². The molecule has 1 amide bonds. The molecule has 0 spiro atoms. The number of carbonyl (C=O) groups is 1. The number of carbonyl (C=O) groups excluding carboxylic acids is 1. The van der Waals surface area contributed by atoms with Gasteiger partial charge in [-0.2, -0.15) is 5.26 Å². The molecular weight excluding hydrogens is 266 g/mol. The molecule has 106 valence electrons. The highest BCUT2D eigenvalue weighted by atomic mass is 16.5. The summed E-state index contributed by atoms with van der Waals surface area (Å²) in [6, 6.07) is 12.6. The lowest BCUT2D eigenvalue weighted by Gasteiger charge is -2.10. The molecule has 0 radical (unpaired) electrons. The van der Waals surface area contributed by atoms with Crippen LogP contribution in [-0.4, -0.2) is 18.0 Å². The second-order valence-corrected chi connectivity index (χ2v) is 4.46.